The number of carbonyl (C=O) groups excluding carboxylic acids is 4. The van der Waals surface area contributed by atoms with Crippen molar-refractivity contribution < 1.29 is 23.9 Å². The molecular formula is C60H61N16O4S2+. The first-order valence-electron chi connectivity index (χ1n) is 27.1. The zero-order valence-electron chi connectivity index (χ0n) is 45.2. The van der Waals surface area contributed by atoms with Gasteiger partial charge in [-0.3, -0.25) is 24.5 Å². The molecule has 0 fully saturated rings. The average Bonchev–Trinajstić information content (AvgIpc) is 4.38. The number of imidazole rings is 1. The van der Waals surface area contributed by atoms with Gasteiger partial charge in [0.25, 0.3) is 11.7 Å². The zero-order valence-corrected chi connectivity index (χ0v) is 46.8. The number of rotatable bonds is 26. The molecule has 1 aliphatic heterocycles. The van der Waals surface area contributed by atoms with E-state index in [0.29, 0.717) is 60.2 Å². The number of anilines is 5. The molecule has 82 heavy (non-hydrogen) atoms. The summed E-state index contributed by atoms with van der Waals surface area (Å²) in [6.45, 7) is 3.05. The van der Waals surface area contributed by atoms with Crippen LogP contribution in [0.1, 0.15) is 80.7 Å². The number of nitrogens with zero attached hydrogens (tertiary/aromatic N) is 11. The van der Waals surface area contributed by atoms with Crippen molar-refractivity contribution >= 4 is 79.7 Å². The Labute approximate surface area is 482 Å². The molecule has 4 aromatic carbocycles. The van der Waals surface area contributed by atoms with Crippen molar-refractivity contribution in [2.75, 3.05) is 32.8 Å². The fraction of sp³-hybridized carbons (Fsp3) is 0.250. The molecule has 0 saturated carbocycles. The van der Waals surface area contributed by atoms with E-state index >= 15 is 0 Å². The van der Waals surface area contributed by atoms with Crippen LogP contribution in [0.3, 0.4) is 0 Å². The van der Waals surface area contributed by atoms with Gasteiger partial charge in [-0.1, -0.05) is 118 Å². The highest BCUT2D eigenvalue weighted by atomic mass is 32.1. The summed E-state index contributed by atoms with van der Waals surface area (Å²) in [5.74, 6) is 1.76. The summed E-state index contributed by atoms with van der Waals surface area (Å²) in [6, 6.07) is 42.2. The summed E-state index contributed by atoms with van der Waals surface area (Å²) in [4.78, 5) is 58.5. The molecule has 6 heterocycles. The Morgan fingerprint density at radius 1 is 0.549 bits per heavy atom. The number of hydrogen-bond donors (Lipinski definition) is 5. The van der Waals surface area contributed by atoms with E-state index in [1.807, 2.05) is 139 Å². The minimum Gasteiger partial charge on any atom is -0.331 e. The molecule has 416 valence electrons. The van der Waals surface area contributed by atoms with E-state index in [0.717, 1.165) is 92.8 Å². The summed E-state index contributed by atoms with van der Waals surface area (Å²) in [6.07, 6.45) is 12.7. The highest BCUT2D eigenvalue weighted by molar-refractivity contribution is 7.15. The molecule has 5 aromatic heterocycles. The molecule has 20 nitrogen and oxygen atoms in total. The first-order chi connectivity index (χ1) is 40.1. The van der Waals surface area contributed by atoms with Crippen molar-refractivity contribution in [3.8, 4) is 0 Å². The number of nitrogens with one attached hydrogen (secondary N) is 5. The Bertz CT molecular complexity index is 3650. The molecule has 10 rings (SSSR count). The molecule has 1 aliphatic rings. The standard InChI is InChI=1S/C60H60N16O4S2/c1-41-61-30-31-74(41)38-46-20-12-18-44(32-46)36-56(80)66-60-76(73-58(82-60)25-11-9-22-48-27-29-51(70-68-48)64-54(78)35-43-16-6-3-7-17-43)52-39-75(40-62-52)49-23-13-19-45(33-49)37-55(79)65-59-72-71-57(81-59)24-10-8-21-47-26-28-50(69-67-47)63-53(77)34-42-14-4-2-5-15-42/h2-7,12-20,23,26-33,39,62H,8-11,21-22,24-25,34-38,40H2,1H3,(H3,63,64,65,69,70,72,77,78,79)/p+1. The van der Waals surface area contributed by atoms with Crippen molar-refractivity contribution in [3.05, 3.63) is 207 Å². The quantitative estimate of drug-likeness (QED) is 0.0254. The van der Waals surface area contributed by atoms with Gasteiger partial charge in [0.2, 0.25) is 22.9 Å². The lowest BCUT2D eigenvalue weighted by Crippen LogP contribution is -2.42. The SMILES string of the molecule is Cc1nccn1Cc1cccc(CC(=O)Nc2sc(CCCCc3ccc(NC(=O)Cc4ccccc4)nn3)n[n+]2C2=CN(c3cccc(CC(=O)Nc4nnc(CCCCc5ccc(NC(=O)Cc6ccccc6)nn5)s4)c3)CN2)c1. The minimum atomic E-state index is -0.203. The number of aromatic nitrogens is 10. The van der Waals surface area contributed by atoms with Crippen LogP contribution in [0.2, 0.25) is 0 Å². The predicted octanol–water partition coefficient (Wildman–Crippen LogP) is 8.09. The number of hydrogen-bond acceptors (Lipinski definition) is 16. The fourth-order valence-corrected chi connectivity index (χ4v) is 10.9. The van der Waals surface area contributed by atoms with E-state index in [-0.39, 0.29) is 49.3 Å². The Morgan fingerprint density at radius 2 is 1.11 bits per heavy atom. The van der Waals surface area contributed by atoms with Crippen molar-refractivity contribution in [2.45, 2.75) is 90.5 Å². The first kappa shape index (κ1) is 55.9. The van der Waals surface area contributed by atoms with E-state index < -0.39 is 0 Å². The Morgan fingerprint density at radius 3 is 1.73 bits per heavy atom. The van der Waals surface area contributed by atoms with Gasteiger partial charge in [0.05, 0.1) is 43.3 Å². The minimum absolute atomic E-state index is 0.134. The highest BCUT2D eigenvalue weighted by Gasteiger charge is 2.28. The summed E-state index contributed by atoms with van der Waals surface area (Å²) in [5, 5.41) is 48.5. The van der Waals surface area contributed by atoms with Crippen LogP contribution in [0.25, 0.3) is 5.82 Å². The number of aryl methyl sites for hydroxylation is 5. The van der Waals surface area contributed by atoms with Gasteiger partial charge < -0.3 is 25.4 Å². The van der Waals surface area contributed by atoms with Crippen LogP contribution < -0.4 is 36.2 Å². The molecule has 0 unspecified atom stereocenters. The third-order valence-corrected chi connectivity index (χ3v) is 15.2. The Kier molecular flexibility index (Phi) is 18.8. The van der Waals surface area contributed by atoms with Crippen LogP contribution in [-0.4, -0.2) is 75.5 Å². The molecule has 0 aliphatic carbocycles. The smallest absolute Gasteiger partial charge is 0.313 e. The summed E-state index contributed by atoms with van der Waals surface area (Å²) in [7, 11) is 0. The van der Waals surface area contributed by atoms with Gasteiger partial charge in [0.15, 0.2) is 11.6 Å². The number of unbranched alkanes of at least 4 members (excludes halogenated alkanes) is 2. The largest absolute Gasteiger partial charge is 0.331 e. The van der Waals surface area contributed by atoms with Crippen LogP contribution in [0, 0.1) is 6.92 Å². The fourth-order valence-electron chi connectivity index (χ4n) is 9.15. The second-order valence-electron chi connectivity index (χ2n) is 19.7. The topological polar surface area (TPSA) is 244 Å². The second-order valence-corrected chi connectivity index (χ2v) is 21.9. The van der Waals surface area contributed by atoms with Gasteiger partial charge in [-0.15, -0.1) is 20.4 Å². The normalized spacial score (nSPS) is 11.9. The van der Waals surface area contributed by atoms with Gasteiger partial charge in [0, 0.05) is 37.5 Å². The van der Waals surface area contributed by atoms with Crippen LogP contribution in [-0.2, 0) is 77.1 Å². The molecule has 5 N–H and O–H groups in total. The third kappa shape index (κ3) is 16.4. The highest BCUT2D eigenvalue weighted by Crippen LogP contribution is 2.25. The molecule has 4 amide bonds. The molecule has 22 heteroatoms. The summed E-state index contributed by atoms with van der Waals surface area (Å²) >= 11 is 2.80. The number of carbonyl (C=O) groups is 4. The van der Waals surface area contributed by atoms with Crippen LogP contribution in [0.4, 0.5) is 27.6 Å². The van der Waals surface area contributed by atoms with Gasteiger partial charge >= 0.3 is 5.13 Å². The van der Waals surface area contributed by atoms with Gasteiger partial charge in [-0.2, -0.15) is 10.2 Å². The van der Waals surface area contributed by atoms with Crippen molar-refractivity contribution in [1.29, 1.82) is 0 Å². The molecule has 0 saturated heterocycles. The van der Waals surface area contributed by atoms with Crippen LogP contribution in [0.15, 0.2) is 152 Å². The lowest BCUT2D eigenvalue weighted by atomic mass is 10.1. The summed E-state index contributed by atoms with van der Waals surface area (Å²) < 4.78 is 3.82. The third-order valence-electron chi connectivity index (χ3n) is 13.3. The van der Waals surface area contributed by atoms with E-state index in [9.17, 15) is 19.2 Å². The number of benzene rings is 4. The molecule has 0 atom stereocenters. The van der Waals surface area contributed by atoms with Gasteiger partial charge in [-0.05, 0) is 121 Å². The van der Waals surface area contributed by atoms with Crippen molar-refractivity contribution in [1.82, 2.24) is 50.6 Å². The first-order valence-corrected chi connectivity index (χ1v) is 28.8. The molecule has 9 aromatic rings. The molecule has 0 radical (unpaired) electrons. The van der Waals surface area contributed by atoms with Gasteiger partial charge in [-0.25, -0.2) is 10.3 Å². The Hall–Kier alpha value is -9.41. The predicted molar refractivity (Wildman–Crippen MR) is 315 cm³/mol. The second kappa shape index (κ2) is 27.6. The van der Waals surface area contributed by atoms with Crippen LogP contribution >= 0.6 is 22.7 Å². The van der Waals surface area contributed by atoms with E-state index in [4.69, 9.17) is 5.10 Å². The van der Waals surface area contributed by atoms with Gasteiger partial charge in [0.1, 0.15) is 22.5 Å². The van der Waals surface area contributed by atoms with E-state index in [2.05, 4.69) is 72.8 Å². The van der Waals surface area contributed by atoms with E-state index in [1.165, 1.54) is 22.7 Å². The van der Waals surface area contributed by atoms with Crippen molar-refractivity contribution in [2.24, 2.45) is 0 Å². The summed E-state index contributed by atoms with van der Waals surface area (Å²) in [5.41, 5.74) is 7.17. The van der Waals surface area contributed by atoms with E-state index in [1.54, 1.807) is 23.0 Å². The maximum absolute atomic E-state index is 13.8. The molecule has 0 bridgehead atoms. The lowest BCUT2D eigenvalue weighted by molar-refractivity contribution is -0.630. The molecular weight excluding hydrogens is 1070 g/mol. The zero-order chi connectivity index (χ0) is 56.5. The molecule has 0 spiro atoms. The lowest BCUT2D eigenvalue weighted by Gasteiger charge is -2.14. The van der Waals surface area contributed by atoms with Crippen molar-refractivity contribution in [3.63, 3.8) is 0 Å². The van der Waals surface area contributed by atoms with Crippen LogP contribution in [0.5, 0.6) is 0 Å². The maximum Gasteiger partial charge on any atom is 0.313 e. The monoisotopic (exact) mass is 1130 g/mol. The average molecular weight is 1130 g/mol. The number of amides is 4. The maximum atomic E-state index is 13.8. The Balaban J connectivity index is 0.720.